The third-order valence-electron chi connectivity index (χ3n) is 4.84. The van der Waals surface area contributed by atoms with Gasteiger partial charge in [-0.25, -0.2) is 0 Å². The zero-order valence-electron chi connectivity index (χ0n) is 17.5. The van der Waals surface area contributed by atoms with E-state index < -0.39 is 5.76 Å². The van der Waals surface area contributed by atoms with Crippen LogP contribution < -0.4 is 10.1 Å². The second kappa shape index (κ2) is 9.91. The van der Waals surface area contributed by atoms with Crippen molar-refractivity contribution in [1.82, 2.24) is 14.8 Å². The molecule has 0 saturated heterocycles. The fourth-order valence-electron chi connectivity index (χ4n) is 3.29. The monoisotopic (exact) mass is 476 g/mol. The zero-order valence-corrected chi connectivity index (χ0v) is 19.2. The summed E-state index contributed by atoms with van der Waals surface area (Å²) in [6.45, 7) is 1.47. The molecule has 1 saturated carbocycles. The van der Waals surface area contributed by atoms with Crippen LogP contribution in [0.1, 0.15) is 37.1 Å². The third kappa shape index (κ3) is 5.42. The van der Waals surface area contributed by atoms with Crippen LogP contribution in [0.2, 0.25) is 0 Å². The zero-order chi connectivity index (χ0) is 22.7. The molecule has 1 N–H and O–H groups in total. The lowest BCUT2D eigenvalue weighted by Crippen LogP contribution is -2.07. The molecule has 1 heterocycles. The lowest BCUT2D eigenvalue weighted by molar-refractivity contribution is -0.114. The summed E-state index contributed by atoms with van der Waals surface area (Å²) in [4.78, 5) is 11.9. The number of anilines is 1. The summed E-state index contributed by atoms with van der Waals surface area (Å²) in [5.41, 5.74) is 2.52. The minimum absolute atomic E-state index is 0.134. The number of thioether (sulfide) groups is 2. The van der Waals surface area contributed by atoms with Gasteiger partial charge in [0.15, 0.2) is 5.16 Å². The number of benzene rings is 2. The van der Waals surface area contributed by atoms with Gasteiger partial charge in [-0.15, -0.1) is 10.2 Å². The van der Waals surface area contributed by atoms with Gasteiger partial charge in [0.05, 0.1) is 17.7 Å². The van der Waals surface area contributed by atoms with E-state index in [9.17, 15) is 13.6 Å². The van der Waals surface area contributed by atoms with Gasteiger partial charge in [0.1, 0.15) is 11.6 Å². The summed E-state index contributed by atoms with van der Waals surface area (Å²) in [6.07, 6.45) is 2.16. The van der Waals surface area contributed by atoms with E-state index in [1.54, 1.807) is 12.1 Å². The van der Waals surface area contributed by atoms with Gasteiger partial charge in [0, 0.05) is 24.3 Å². The molecular formula is C22H22F2N4O2S2. The Balaban J connectivity index is 1.58. The summed E-state index contributed by atoms with van der Waals surface area (Å²) in [5.74, 6) is -0.344. The number of alkyl halides is 2. The maximum atomic E-state index is 12.7. The molecule has 0 aliphatic heterocycles. The van der Waals surface area contributed by atoms with Gasteiger partial charge in [0.25, 0.3) is 5.76 Å². The molecule has 1 aliphatic rings. The average Bonchev–Trinajstić information content (AvgIpc) is 3.51. The number of carbonyl (C=O) groups is 1. The van der Waals surface area contributed by atoms with Gasteiger partial charge in [-0.2, -0.15) is 8.78 Å². The minimum Gasteiger partial charge on any atom is -0.496 e. The molecule has 2 aromatic carbocycles. The van der Waals surface area contributed by atoms with Crippen molar-refractivity contribution < 1.29 is 18.3 Å². The highest BCUT2D eigenvalue weighted by Gasteiger charge is 2.31. The highest BCUT2D eigenvalue weighted by atomic mass is 32.2. The standard InChI is InChI=1S/C22H22F2N4O2S2/c1-13(29)25-16-4-3-5-17(11-16)28-20(15-7-8-15)26-27-22(28)31-12-14-6-9-19(32-21(23)24)18(10-14)30-2/h3-6,9-11,15,21H,7-8,12H2,1-2H3,(H,25,29). The van der Waals surface area contributed by atoms with Crippen LogP contribution in [0, 0.1) is 0 Å². The number of carbonyl (C=O) groups excluding carboxylic acids is 1. The van der Waals surface area contributed by atoms with Crippen molar-refractivity contribution in [1.29, 1.82) is 0 Å². The van der Waals surface area contributed by atoms with E-state index in [0.29, 0.717) is 39.8 Å². The number of hydrogen-bond donors (Lipinski definition) is 1. The minimum atomic E-state index is -2.50. The van der Waals surface area contributed by atoms with Gasteiger partial charge in [0.2, 0.25) is 5.91 Å². The van der Waals surface area contributed by atoms with E-state index in [1.165, 1.54) is 25.8 Å². The predicted molar refractivity (Wildman–Crippen MR) is 122 cm³/mol. The van der Waals surface area contributed by atoms with Gasteiger partial charge in [-0.1, -0.05) is 35.7 Å². The second-order valence-electron chi connectivity index (χ2n) is 7.33. The van der Waals surface area contributed by atoms with E-state index in [4.69, 9.17) is 4.74 Å². The molecule has 0 unspecified atom stereocenters. The van der Waals surface area contributed by atoms with Crippen molar-refractivity contribution in [2.45, 2.75) is 47.2 Å². The highest BCUT2D eigenvalue weighted by Crippen LogP contribution is 2.42. The lowest BCUT2D eigenvalue weighted by atomic mass is 10.2. The maximum Gasteiger partial charge on any atom is 0.289 e. The quantitative estimate of drug-likeness (QED) is 0.399. The topological polar surface area (TPSA) is 69.0 Å². The Morgan fingerprint density at radius 2 is 2.06 bits per heavy atom. The van der Waals surface area contributed by atoms with Gasteiger partial charge in [-0.05, 0) is 48.7 Å². The first-order valence-corrected chi connectivity index (χ1v) is 11.9. The number of methoxy groups -OCH3 is 1. The molecule has 1 amide bonds. The Hall–Kier alpha value is -2.59. The van der Waals surface area contributed by atoms with Crippen molar-refractivity contribution in [3.05, 3.63) is 53.9 Å². The first-order chi connectivity index (χ1) is 15.4. The molecule has 10 heteroatoms. The van der Waals surface area contributed by atoms with Crippen LogP contribution in [0.4, 0.5) is 14.5 Å². The number of rotatable bonds is 9. The normalized spacial score (nSPS) is 13.4. The summed E-state index contributed by atoms with van der Waals surface area (Å²) in [7, 11) is 1.47. The van der Waals surface area contributed by atoms with Crippen LogP contribution in [-0.4, -0.2) is 33.5 Å². The van der Waals surface area contributed by atoms with Crippen molar-refractivity contribution in [3.63, 3.8) is 0 Å². The Bertz CT molecular complexity index is 1120. The van der Waals surface area contributed by atoms with Crippen LogP contribution in [0.15, 0.2) is 52.5 Å². The van der Waals surface area contributed by atoms with Crippen LogP contribution in [0.25, 0.3) is 5.69 Å². The Morgan fingerprint density at radius 3 is 2.75 bits per heavy atom. The number of ether oxygens (including phenoxy) is 1. The largest absolute Gasteiger partial charge is 0.496 e. The van der Waals surface area contributed by atoms with Crippen molar-refractivity contribution in [2.24, 2.45) is 0 Å². The number of halogens is 2. The van der Waals surface area contributed by atoms with E-state index in [0.717, 1.165) is 35.1 Å². The molecule has 1 aliphatic carbocycles. The number of nitrogens with one attached hydrogen (secondary N) is 1. The molecule has 168 valence electrons. The molecule has 0 spiro atoms. The van der Waals surface area contributed by atoms with Crippen molar-refractivity contribution in [3.8, 4) is 11.4 Å². The van der Waals surface area contributed by atoms with E-state index in [1.807, 2.05) is 34.9 Å². The Kier molecular flexibility index (Phi) is 7.00. The van der Waals surface area contributed by atoms with Crippen LogP contribution in [-0.2, 0) is 10.5 Å². The summed E-state index contributed by atoms with van der Waals surface area (Å²) in [5, 5.41) is 12.4. The maximum absolute atomic E-state index is 12.7. The first-order valence-electron chi connectivity index (χ1n) is 10.0. The fraction of sp³-hybridized carbons (Fsp3) is 0.318. The van der Waals surface area contributed by atoms with Gasteiger partial charge in [-0.3, -0.25) is 9.36 Å². The SMILES string of the molecule is COc1cc(CSc2nnc(C3CC3)n2-c2cccc(NC(C)=O)c2)ccc1SC(F)F. The smallest absolute Gasteiger partial charge is 0.289 e. The van der Waals surface area contributed by atoms with Crippen LogP contribution >= 0.6 is 23.5 Å². The Labute approximate surface area is 193 Å². The molecule has 0 bridgehead atoms. The average molecular weight is 477 g/mol. The molecule has 0 atom stereocenters. The summed E-state index contributed by atoms with van der Waals surface area (Å²) >= 11 is 1.98. The highest BCUT2D eigenvalue weighted by molar-refractivity contribution is 7.99. The number of hydrogen-bond acceptors (Lipinski definition) is 6. The molecule has 0 radical (unpaired) electrons. The summed E-state index contributed by atoms with van der Waals surface area (Å²) < 4.78 is 32.8. The fourth-order valence-corrected chi connectivity index (χ4v) is 4.79. The van der Waals surface area contributed by atoms with E-state index >= 15 is 0 Å². The van der Waals surface area contributed by atoms with Gasteiger partial charge < -0.3 is 10.1 Å². The molecule has 1 fully saturated rings. The van der Waals surface area contributed by atoms with Gasteiger partial charge >= 0.3 is 0 Å². The molecule has 4 rings (SSSR count). The lowest BCUT2D eigenvalue weighted by Gasteiger charge is -2.12. The number of nitrogens with zero attached hydrogens (tertiary/aromatic N) is 3. The molecule has 1 aromatic heterocycles. The molecule has 6 nitrogen and oxygen atoms in total. The molecule has 32 heavy (non-hydrogen) atoms. The van der Waals surface area contributed by atoms with Crippen molar-refractivity contribution >= 4 is 35.1 Å². The van der Waals surface area contributed by atoms with E-state index in [2.05, 4.69) is 15.5 Å². The number of aromatic nitrogens is 3. The molecule has 3 aromatic rings. The van der Waals surface area contributed by atoms with Crippen molar-refractivity contribution in [2.75, 3.05) is 12.4 Å². The first kappa shape index (κ1) is 22.6. The van der Waals surface area contributed by atoms with Crippen LogP contribution in [0.3, 0.4) is 0 Å². The van der Waals surface area contributed by atoms with E-state index in [-0.39, 0.29) is 5.91 Å². The predicted octanol–water partition coefficient (Wildman–Crippen LogP) is 5.72. The Morgan fingerprint density at radius 1 is 1.25 bits per heavy atom. The third-order valence-corrected chi connectivity index (χ3v) is 6.61. The number of amides is 1. The molecular weight excluding hydrogens is 454 g/mol. The second-order valence-corrected chi connectivity index (χ2v) is 9.31. The summed E-state index contributed by atoms with van der Waals surface area (Å²) in [6, 6.07) is 12.8. The van der Waals surface area contributed by atoms with Crippen LogP contribution in [0.5, 0.6) is 5.75 Å².